The molecule has 4 nitrogen and oxygen atoms in total. The SMILES string of the molecule is CC(NC(=O)c1ccc(C=CC(c2ccc(F)c(F)c2F)C(F)(F)F)cc1C(F)(F)F)C(=O)NCC(F)(F)F. The predicted molar refractivity (Wildman–Crippen MR) is 112 cm³/mol. The Morgan fingerprint density at radius 1 is 0.897 bits per heavy atom. The maximum atomic E-state index is 14.0. The maximum absolute atomic E-state index is 14.0. The lowest BCUT2D eigenvalue weighted by Gasteiger charge is -2.19. The Hall–Kier alpha value is -3.72. The van der Waals surface area contributed by atoms with Gasteiger partial charge in [0, 0.05) is 5.56 Å². The third-order valence-electron chi connectivity index (χ3n) is 5.03. The quantitative estimate of drug-likeness (QED) is 0.300. The highest BCUT2D eigenvalue weighted by atomic mass is 19.4. The third kappa shape index (κ3) is 8.38. The van der Waals surface area contributed by atoms with E-state index in [1.165, 1.54) is 5.32 Å². The number of allylic oxidation sites excluding steroid dienone is 1. The monoisotopic (exact) mass is 580 g/mol. The molecule has 2 amide bonds. The third-order valence-corrected chi connectivity index (χ3v) is 5.03. The van der Waals surface area contributed by atoms with Crippen LogP contribution >= 0.6 is 0 Å². The van der Waals surface area contributed by atoms with Crippen molar-refractivity contribution in [3.8, 4) is 0 Å². The van der Waals surface area contributed by atoms with Gasteiger partial charge in [-0.1, -0.05) is 24.3 Å². The van der Waals surface area contributed by atoms with Crippen molar-refractivity contribution < 1.29 is 62.3 Å². The first-order valence-electron chi connectivity index (χ1n) is 10.5. The molecular weight excluding hydrogens is 564 g/mol. The Balaban J connectivity index is 2.38. The van der Waals surface area contributed by atoms with Crippen molar-refractivity contribution in [3.05, 3.63) is 76.1 Å². The second-order valence-electron chi connectivity index (χ2n) is 7.97. The zero-order valence-corrected chi connectivity index (χ0v) is 19.3. The van der Waals surface area contributed by atoms with Gasteiger partial charge in [-0.3, -0.25) is 9.59 Å². The second kappa shape index (κ2) is 11.6. The van der Waals surface area contributed by atoms with Crippen molar-refractivity contribution in [2.75, 3.05) is 6.54 Å². The average molecular weight is 580 g/mol. The molecule has 2 rings (SSSR count). The lowest BCUT2D eigenvalue weighted by Crippen LogP contribution is -2.47. The molecule has 0 aromatic heterocycles. The number of alkyl halides is 9. The fourth-order valence-corrected chi connectivity index (χ4v) is 3.16. The van der Waals surface area contributed by atoms with E-state index >= 15 is 0 Å². The summed E-state index contributed by atoms with van der Waals surface area (Å²) in [5.41, 5.74) is -4.73. The molecule has 0 fully saturated rings. The summed E-state index contributed by atoms with van der Waals surface area (Å²) in [5.74, 6) is -11.9. The summed E-state index contributed by atoms with van der Waals surface area (Å²) in [6, 6.07) is 0.369. The lowest BCUT2D eigenvalue weighted by molar-refractivity contribution is -0.140. The minimum absolute atomic E-state index is 0.193. The lowest BCUT2D eigenvalue weighted by atomic mass is 9.95. The van der Waals surface area contributed by atoms with Crippen molar-refractivity contribution in [2.24, 2.45) is 0 Å². The summed E-state index contributed by atoms with van der Waals surface area (Å²) >= 11 is 0. The summed E-state index contributed by atoms with van der Waals surface area (Å²) in [6.45, 7) is -0.878. The number of halogens is 12. The minimum atomic E-state index is -5.28. The standard InChI is InChI=1S/C23H16F12N2O2/c1-10(19(38)36-9-21(27,28)29)37-20(39)13-4-2-11(8-15(13)23(33,34)35)3-6-14(22(30,31)32)12-5-7-16(24)18(26)17(12)25/h2-8,10,14H,9H2,1H3,(H,36,38)(H,37,39). The molecule has 214 valence electrons. The van der Waals surface area contributed by atoms with Crippen LogP contribution in [0.15, 0.2) is 36.4 Å². The van der Waals surface area contributed by atoms with Crippen LogP contribution < -0.4 is 10.6 Å². The van der Waals surface area contributed by atoms with Gasteiger partial charge in [-0.05, 0) is 30.7 Å². The van der Waals surface area contributed by atoms with E-state index < -0.39 is 88.6 Å². The molecule has 2 aromatic carbocycles. The number of rotatable bonds is 7. The Morgan fingerprint density at radius 3 is 2.05 bits per heavy atom. The smallest absolute Gasteiger partial charge is 0.345 e. The Kier molecular flexibility index (Phi) is 9.35. The molecule has 0 aliphatic carbocycles. The molecule has 2 unspecified atom stereocenters. The van der Waals surface area contributed by atoms with E-state index in [1.807, 2.05) is 0 Å². The molecule has 0 saturated heterocycles. The fraction of sp³-hybridized carbons (Fsp3) is 0.304. The first-order valence-corrected chi connectivity index (χ1v) is 10.5. The van der Waals surface area contributed by atoms with E-state index in [4.69, 9.17) is 0 Å². The van der Waals surface area contributed by atoms with Gasteiger partial charge in [0.25, 0.3) is 5.91 Å². The predicted octanol–water partition coefficient (Wildman–Crippen LogP) is 6.28. The number of carbonyl (C=O) groups is 2. The highest BCUT2D eigenvalue weighted by molar-refractivity contribution is 5.99. The van der Waals surface area contributed by atoms with Crippen molar-refractivity contribution in [1.82, 2.24) is 10.6 Å². The van der Waals surface area contributed by atoms with Gasteiger partial charge in [0.05, 0.1) is 11.1 Å². The van der Waals surface area contributed by atoms with E-state index in [-0.39, 0.29) is 18.2 Å². The molecule has 39 heavy (non-hydrogen) atoms. The molecule has 0 heterocycles. The first kappa shape index (κ1) is 31.5. The van der Waals surface area contributed by atoms with Crippen molar-refractivity contribution in [2.45, 2.75) is 37.4 Å². The van der Waals surface area contributed by atoms with Crippen LogP contribution in [0.25, 0.3) is 6.08 Å². The number of carbonyl (C=O) groups excluding carboxylic acids is 2. The van der Waals surface area contributed by atoms with E-state index in [1.54, 1.807) is 5.32 Å². The first-order chi connectivity index (χ1) is 17.7. The molecule has 16 heteroatoms. The summed E-state index contributed by atoms with van der Waals surface area (Å²) in [6.07, 6.45) is -14.7. The van der Waals surface area contributed by atoms with Crippen LogP contribution in [0.4, 0.5) is 52.7 Å². The van der Waals surface area contributed by atoms with Crippen molar-refractivity contribution >= 4 is 17.9 Å². The highest BCUT2D eigenvalue weighted by Gasteiger charge is 2.41. The van der Waals surface area contributed by atoms with Gasteiger partial charge in [0.15, 0.2) is 17.5 Å². The zero-order chi connectivity index (χ0) is 29.9. The Morgan fingerprint density at radius 2 is 1.51 bits per heavy atom. The van der Waals surface area contributed by atoms with Crippen molar-refractivity contribution in [1.29, 1.82) is 0 Å². The molecule has 0 radical (unpaired) electrons. The number of benzene rings is 2. The average Bonchev–Trinajstić information content (AvgIpc) is 2.80. The molecule has 2 atom stereocenters. The van der Waals surface area contributed by atoms with Crippen LogP contribution in [0, 0.1) is 17.5 Å². The normalized spacial score (nSPS) is 14.3. The van der Waals surface area contributed by atoms with E-state index in [0.29, 0.717) is 18.2 Å². The maximum Gasteiger partial charge on any atom is 0.417 e. The minimum Gasteiger partial charge on any atom is -0.345 e. The molecule has 0 spiro atoms. The number of hydrogen-bond acceptors (Lipinski definition) is 2. The number of nitrogens with one attached hydrogen (secondary N) is 2. The van der Waals surface area contributed by atoms with Crippen molar-refractivity contribution in [3.63, 3.8) is 0 Å². The Labute approximate surface area is 211 Å². The van der Waals surface area contributed by atoms with Gasteiger partial charge in [0.1, 0.15) is 18.5 Å². The number of amides is 2. The van der Waals surface area contributed by atoms with Crippen LogP contribution in [-0.4, -0.2) is 36.8 Å². The summed E-state index contributed by atoms with van der Waals surface area (Å²) in [5, 5.41) is 3.20. The summed E-state index contributed by atoms with van der Waals surface area (Å²) < 4.78 is 159. The molecule has 0 aliphatic heterocycles. The topological polar surface area (TPSA) is 58.2 Å². The van der Waals surface area contributed by atoms with E-state index in [9.17, 15) is 62.3 Å². The number of hydrogen-bond donors (Lipinski definition) is 2. The molecular formula is C23H16F12N2O2. The van der Waals surface area contributed by atoms with Crippen LogP contribution in [0.2, 0.25) is 0 Å². The van der Waals surface area contributed by atoms with E-state index in [2.05, 4.69) is 0 Å². The van der Waals surface area contributed by atoms with Gasteiger partial charge in [0.2, 0.25) is 5.91 Å². The van der Waals surface area contributed by atoms with Crippen LogP contribution in [0.5, 0.6) is 0 Å². The summed E-state index contributed by atoms with van der Waals surface area (Å²) in [4.78, 5) is 24.0. The van der Waals surface area contributed by atoms with Gasteiger partial charge < -0.3 is 10.6 Å². The zero-order valence-electron chi connectivity index (χ0n) is 19.3. The molecule has 0 saturated carbocycles. The van der Waals surface area contributed by atoms with Gasteiger partial charge >= 0.3 is 18.5 Å². The van der Waals surface area contributed by atoms with Crippen LogP contribution in [-0.2, 0) is 11.0 Å². The van der Waals surface area contributed by atoms with Crippen LogP contribution in [0.1, 0.15) is 39.9 Å². The van der Waals surface area contributed by atoms with Gasteiger partial charge in [-0.2, -0.15) is 39.5 Å². The fourth-order valence-electron chi connectivity index (χ4n) is 3.16. The van der Waals surface area contributed by atoms with Crippen LogP contribution in [0.3, 0.4) is 0 Å². The molecule has 2 N–H and O–H groups in total. The van der Waals surface area contributed by atoms with Gasteiger partial charge in [-0.15, -0.1) is 0 Å². The highest BCUT2D eigenvalue weighted by Crippen LogP contribution is 2.39. The van der Waals surface area contributed by atoms with Gasteiger partial charge in [-0.25, -0.2) is 13.2 Å². The second-order valence-corrected chi connectivity index (χ2v) is 7.97. The Bertz CT molecular complexity index is 1250. The molecule has 2 aromatic rings. The summed E-state index contributed by atoms with van der Waals surface area (Å²) in [7, 11) is 0. The molecule has 0 bridgehead atoms. The largest absolute Gasteiger partial charge is 0.417 e. The van der Waals surface area contributed by atoms with E-state index in [0.717, 1.165) is 13.0 Å². The molecule has 0 aliphatic rings.